The van der Waals surface area contributed by atoms with Gasteiger partial charge in [0.25, 0.3) is 5.91 Å². The molecule has 5 heteroatoms. The predicted octanol–water partition coefficient (Wildman–Crippen LogP) is 4.27. The average Bonchev–Trinajstić information content (AvgIpc) is 2.63. The van der Waals surface area contributed by atoms with Crippen molar-refractivity contribution in [2.45, 2.75) is 40.7 Å². The van der Waals surface area contributed by atoms with E-state index in [0.717, 1.165) is 22.3 Å². The van der Waals surface area contributed by atoms with Gasteiger partial charge >= 0.3 is 5.97 Å². The van der Waals surface area contributed by atoms with Gasteiger partial charge in [-0.2, -0.15) is 0 Å². The Labute approximate surface area is 166 Å². The van der Waals surface area contributed by atoms with Crippen LogP contribution in [-0.4, -0.2) is 23.5 Å². The molecular weight excluding hydrogens is 354 g/mol. The van der Waals surface area contributed by atoms with E-state index in [0.29, 0.717) is 17.9 Å². The molecule has 0 aromatic heterocycles. The molecule has 0 spiro atoms. The number of carbonyl (C=O) groups excluding carboxylic acids is 1. The highest BCUT2D eigenvalue weighted by molar-refractivity contribution is 6.20. The minimum atomic E-state index is -0.943. The Hall–Kier alpha value is -3.08. The van der Waals surface area contributed by atoms with Crippen LogP contribution in [0, 0.1) is 13.8 Å². The lowest BCUT2D eigenvalue weighted by Gasteiger charge is -2.15. The number of carbonyl (C=O) groups is 2. The first kappa shape index (κ1) is 21.2. The molecule has 0 saturated carbocycles. The molecule has 148 valence electrons. The molecule has 0 bridgehead atoms. The fourth-order valence-corrected chi connectivity index (χ4v) is 2.80. The number of rotatable bonds is 8. The summed E-state index contributed by atoms with van der Waals surface area (Å²) in [7, 11) is 0. The van der Waals surface area contributed by atoms with Crippen molar-refractivity contribution in [3.63, 3.8) is 0 Å². The van der Waals surface area contributed by atoms with E-state index >= 15 is 0 Å². The van der Waals surface area contributed by atoms with Crippen LogP contribution in [0.4, 0.5) is 0 Å². The first-order valence-corrected chi connectivity index (χ1v) is 9.24. The fraction of sp³-hybridized carbons (Fsp3) is 0.304. The third-order valence-electron chi connectivity index (χ3n) is 4.36. The zero-order valence-corrected chi connectivity index (χ0v) is 16.8. The highest BCUT2D eigenvalue weighted by Gasteiger charge is 2.17. The van der Waals surface area contributed by atoms with Crippen molar-refractivity contribution >= 4 is 17.4 Å². The summed E-state index contributed by atoms with van der Waals surface area (Å²) < 4.78 is 5.92. The highest BCUT2D eigenvalue weighted by atomic mass is 16.5. The summed E-state index contributed by atoms with van der Waals surface area (Å²) in [6.07, 6.45) is -0.111. The van der Waals surface area contributed by atoms with E-state index in [1.165, 1.54) is 5.56 Å². The number of hydrogen-bond donors (Lipinski definition) is 2. The number of benzene rings is 2. The maximum Gasteiger partial charge on any atom is 0.305 e. The molecule has 0 radical (unpaired) electrons. The first-order chi connectivity index (χ1) is 13.3. The van der Waals surface area contributed by atoms with Crippen LogP contribution in [0.15, 0.2) is 48.0 Å². The molecule has 0 unspecified atom stereocenters. The van der Waals surface area contributed by atoms with Crippen LogP contribution in [0.5, 0.6) is 5.75 Å². The summed E-state index contributed by atoms with van der Waals surface area (Å²) in [5.41, 5.74) is 5.40. The number of hydrogen-bond acceptors (Lipinski definition) is 3. The second kappa shape index (κ2) is 9.74. The van der Waals surface area contributed by atoms with E-state index in [2.05, 4.69) is 5.32 Å². The van der Waals surface area contributed by atoms with Crippen LogP contribution in [-0.2, 0) is 16.2 Å². The monoisotopic (exact) mass is 381 g/mol. The maximum atomic E-state index is 12.6. The highest BCUT2D eigenvalue weighted by Crippen LogP contribution is 2.27. The summed E-state index contributed by atoms with van der Waals surface area (Å²) in [5.74, 6) is -0.542. The molecule has 2 aromatic rings. The molecule has 0 atom stereocenters. The van der Waals surface area contributed by atoms with Gasteiger partial charge in [-0.15, -0.1) is 0 Å². The van der Waals surface area contributed by atoms with Crippen molar-refractivity contribution in [3.8, 4) is 5.75 Å². The van der Waals surface area contributed by atoms with E-state index in [4.69, 9.17) is 9.84 Å². The van der Waals surface area contributed by atoms with E-state index in [-0.39, 0.29) is 18.9 Å². The van der Waals surface area contributed by atoms with Crippen molar-refractivity contribution in [1.82, 2.24) is 5.32 Å². The van der Waals surface area contributed by atoms with E-state index in [1.54, 1.807) is 0 Å². The number of nitrogens with one attached hydrogen (secondary N) is 1. The van der Waals surface area contributed by atoms with Gasteiger partial charge in [-0.05, 0) is 56.5 Å². The number of aliphatic carboxylic acids is 1. The van der Waals surface area contributed by atoms with Crippen LogP contribution in [0.25, 0.3) is 5.57 Å². The standard InChI is InChI=1S/C23H27NO4/c1-15(2)22(23(27)24-12-11-21(25)26)20-13-19(10-7-17(20)4)28-14-18-8-5-16(3)6-9-18/h5-10,13H,11-12,14H2,1-4H3,(H,24,27)(H,25,26). The van der Waals surface area contributed by atoms with Gasteiger partial charge in [-0.3, -0.25) is 9.59 Å². The molecule has 0 heterocycles. The van der Waals surface area contributed by atoms with Gasteiger partial charge in [0.2, 0.25) is 0 Å². The van der Waals surface area contributed by atoms with Crippen molar-refractivity contribution < 1.29 is 19.4 Å². The van der Waals surface area contributed by atoms with E-state index < -0.39 is 5.97 Å². The van der Waals surface area contributed by atoms with Gasteiger partial charge in [-0.1, -0.05) is 41.5 Å². The predicted molar refractivity (Wildman–Crippen MR) is 110 cm³/mol. The van der Waals surface area contributed by atoms with Crippen LogP contribution < -0.4 is 10.1 Å². The van der Waals surface area contributed by atoms with Crippen molar-refractivity contribution in [1.29, 1.82) is 0 Å². The number of carboxylic acids is 1. The van der Waals surface area contributed by atoms with Crippen LogP contribution in [0.1, 0.15) is 42.5 Å². The largest absolute Gasteiger partial charge is 0.489 e. The average molecular weight is 381 g/mol. The maximum absolute atomic E-state index is 12.6. The SMILES string of the molecule is CC(C)=C(C(=O)NCCC(=O)O)c1cc(OCc2ccc(C)cc2)ccc1C. The van der Waals surface area contributed by atoms with Crippen LogP contribution in [0.3, 0.4) is 0 Å². The van der Waals surface area contributed by atoms with Gasteiger partial charge in [-0.25, -0.2) is 0 Å². The van der Waals surface area contributed by atoms with Gasteiger partial charge in [0, 0.05) is 12.1 Å². The molecule has 2 rings (SSSR count). The molecule has 2 N–H and O–H groups in total. The summed E-state index contributed by atoms with van der Waals surface area (Å²) in [6.45, 7) is 8.24. The third kappa shape index (κ3) is 5.98. The molecule has 0 saturated heterocycles. The topological polar surface area (TPSA) is 75.6 Å². The van der Waals surface area contributed by atoms with Gasteiger partial charge in [0.15, 0.2) is 0 Å². The quantitative estimate of drug-likeness (QED) is 0.670. The van der Waals surface area contributed by atoms with Gasteiger partial charge in [0.1, 0.15) is 12.4 Å². The molecule has 5 nitrogen and oxygen atoms in total. The molecule has 0 aliphatic carbocycles. The van der Waals surface area contributed by atoms with Gasteiger partial charge < -0.3 is 15.2 Å². The molecule has 1 amide bonds. The van der Waals surface area contributed by atoms with Crippen molar-refractivity contribution in [3.05, 3.63) is 70.3 Å². The van der Waals surface area contributed by atoms with Gasteiger partial charge in [0.05, 0.1) is 6.42 Å². The minimum absolute atomic E-state index is 0.0909. The smallest absolute Gasteiger partial charge is 0.305 e. The summed E-state index contributed by atoms with van der Waals surface area (Å²) in [6, 6.07) is 13.8. The lowest BCUT2D eigenvalue weighted by atomic mass is 9.96. The Bertz CT molecular complexity index is 878. The number of allylic oxidation sites excluding steroid dienone is 1. The fourth-order valence-electron chi connectivity index (χ4n) is 2.80. The number of amides is 1. The lowest BCUT2D eigenvalue weighted by Crippen LogP contribution is -2.27. The first-order valence-electron chi connectivity index (χ1n) is 9.24. The van der Waals surface area contributed by atoms with Crippen LogP contribution in [0.2, 0.25) is 0 Å². The summed E-state index contributed by atoms with van der Waals surface area (Å²) >= 11 is 0. The van der Waals surface area contributed by atoms with Crippen LogP contribution >= 0.6 is 0 Å². The zero-order chi connectivity index (χ0) is 20.7. The Morgan fingerprint density at radius 1 is 1.04 bits per heavy atom. The third-order valence-corrected chi connectivity index (χ3v) is 4.36. The molecular formula is C23H27NO4. The Morgan fingerprint density at radius 2 is 1.71 bits per heavy atom. The molecule has 2 aromatic carbocycles. The summed E-state index contributed by atoms with van der Waals surface area (Å²) in [4.78, 5) is 23.3. The zero-order valence-electron chi connectivity index (χ0n) is 16.8. The summed E-state index contributed by atoms with van der Waals surface area (Å²) in [5, 5.41) is 11.4. The number of carboxylic acid groups (broad SMARTS) is 1. The second-order valence-electron chi connectivity index (χ2n) is 7.03. The Kier molecular flexibility index (Phi) is 7.38. The van der Waals surface area contributed by atoms with Crippen molar-refractivity contribution in [2.24, 2.45) is 0 Å². The van der Waals surface area contributed by atoms with E-state index in [1.807, 2.05) is 70.2 Å². The molecule has 28 heavy (non-hydrogen) atoms. The second-order valence-corrected chi connectivity index (χ2v) is 7.03. The normalized spacial score (nSPS) is 10.3. The lowest BCUT2D eigenvalue weighted by molar-refractivity contribution is -0.136. The van der Waals surface area contributed by atoms with E-state index in [9.17, 15) is 9.59 Å². The van der Waals surface area contributed by atoms with Crippen molar-refractivity contribution in [2.75, 3.05) is 6.54 Å². The Morgan fingerprint density at radius 3 is 2.32 bits per heavy atom. The number of aryl methyl sites for hydroxylation is 2. The molecule has 0 aliphatic rings. The Balaban J connectivity index is 2.19. The minimum Gasteiger partial charge on any atom is -0.489 e. The molecule has 0 aliphatic heterocycles. The number of ether oxygens (including phenoxy) is 1. The molecule has 0 fully saturated rings.